The number of benzene rings is 2. The van der Waals surface area contributed by atoms with Gasteiger partial charge in [-0.3, -0.25) is 4.90 Å². The van der Waals surface area contributed by atoms with Crippen molar-refractivity contribution in [2.24, 2.45) is 0 Å². The number of methoxy groups -OCH3 is 3. The highest BCUT2D eigenvalue weighted by Gasteiger charge is 2.34. The third kappa shape index (κ3) is 4.22. The Kier molecular flexibility index (Phi) is 6.72. The zero-order valence-corrected chi connectivity index (χ0v) is 16.4. The molecule has 1 N–H and O–H groups in total. The van der Waals surface area contributed by atoms with E-state index in [-0.39, 0.29) is 18.5 Å². The molecule has 28 heavy (non-hydrogen) atoms. The van der Waals surface area contributed by atoms with E-state index in [9.17, 15) is 9.50 Å². The van der Waals surface area contributed by atoms with Gasteiger partial charge in [0, 0.05) is 24.7 Å². The summed E-state index contributed by atoms with van der Waals surface area (Å²) < 4.78 is 35.5. The zero-order chi connectivity index (χ0) is 20.1. The topological polar surface area (TPSA) is 60.4 Å². The van der Waals surface area contributed by atoms with E-state index in [0.29, 0.717) is 36.9 Å². The molecule has 6 nitrogen and oxygen atoms in total. The van der Waals surface area contributed by atoms with E-state index in [4.69, 9.17) is 18.9 Å². The van der Waals surface area contributed by atoms with E-state index in [0.717, 1.165) is 11.1 Å². The Hall–Kier alpha value is -2.35. The standard InChI is InChI=1S/C21H26FNO5/c1-25-17-7-5-14(10-19(17)27-3)21-20(13-24)28-9-8-23(21)12-15-4-6-16(22)11-18(15)26-2/h4-7,10-11,20-21,24H,8-9,12-13H2,1-3H3/t20-,21-/m1/s1. The molecule has 1 fully saturated rings. The van der Waals surface area contributed by atoms with Crippen molar-refractivity contribution in [3.63, 3.8) is 0 Å². The maximum Gasteiger partial charge on any atom is 0.161 e. The van der Waals surface area contributed by atoms with E-state index in [1.807, 2.05) is 18.2 Å². The Balaban J connectivity index is 1.95. The molecule has 1 heterocycles. The largest absolute Gasteiger partial charge is 0.496 e. The monoisotopic (exact) mass is 391 g/mol. The molecule has 1 aliphatic rings. The van der Waals surface area contributed by atoms with Crippen molar-refractivity contribution in [1.82, 2.24) is 4.90 Å². The molecule has 1 saturated heterocycles. The predicted octanol–water partition coefficient (Wildman–Crippen LogP) is 2.79. The van der Waals surface area contributed by atoms with Crippen LogP contribution in [0, 0.1) is 5.82 Å². The number of ether oxygens (including phenoxy) is 4. The minimum absolute atomic E-state index is 0.115. The molecule has 2 aromatic rings. The van der Waals surface area contributed by atoms with Crippen molar-refractivity contribution in [2.75, 3.05) is 41.1 Å². The fourth-order valence-electron chi connectivity index (χ4n) is 3.65. The molecule has 2 aromatic carbocycles. The molecule has 1 aliphatic heterocycles. The molecule has 0 radical (unpaired) electrons. The Morgan fingerprint density at radius 2 is 1.79 bits per heavy atom. The lowest BCUT2D eigenvalue weighted by molar-refractivity contribution is -0.0962. The maximum atomic E-state index is 13.6. The molecule has 7 heteroatoms. The zero-order valence-electron chi connectivity index (χ0n) is 16.4. The highest BCUT2D eigenvalue weighted by Crippen LogP contribution is 2.37. The van der Waals surface area contributed by atoms with Crippen LogP contribution in [0.15, 0.2) is 36.4 Å². The molecule has 152 valence electrons. The van der Waals surface area contributed by atoms with Gasteiger partial charge < -0.3 is 24.1 Å². The molecule has 0 aliphatic carbocycles. The molecule has 0 amide bonds. The molecule has 0 saturated carbocycles. The lowest BCUT2D eigenvalue weighted by atomic mass is 9.97. The highest BCUT2D eigenvalue weighted by molar-refractivity contribution is 5.44. The van der Waals surface area contributed by atoms with Gasteiger partial charge in [0.05, 0.1) is 40.6 Å². The van der Waals surface area contributed by atoms with Crippen molar-refractivity contribution >= 4 is 0 Å². The summed E-state index contributed by atoms with van der Waals surface area (Å²) in [7, 11) is 4.70. The summed E-state index contributed by atoms with van der Waals surface area (Å²) >= 11 is 0. The second-order valence-electron chi connectivity index (χ2n) is 6.58. The molecule has 3 rings (SSSR count). The van der Waals surface area contributed by atoms with Crippen LogP contribution in [-0.2, 0) is 11.3 Å². The Morgan fingerprint density at radius 3 is 2.46 bits per heavy atom. The summed E-state index contributed by atoms with van der Waals surface area (Å²) in [6.45, 7) is 1.58. The van der Waals surface area contributed by atoms with Crippen molar-refractivity contribution in [2.45, 2.75) is 18.7 Å². The number of nitrogens with zero attached hydrogens (tertiary/aromatic N) is 1. The second kappa shape index (κ2) is 9.23. The third-order valence-corrected chi connectivity index (χ3v) is 5.01. The average Bonchev–Trinajstić information content (AvgIpc) is 2.74. The molecule has 0 spiro atoms. The summed E-state index contributed by atoms with van der Waals surface area (Å²) in [6, 6.07) is 10.0. The van der Waals surface area contributed by atoms with Crippen LogP contribution < -0.4 is 14.2 Å². The van der Waals surface area contributed by atoms with Crippen LogP contribution in [0.2, 0.25) is 0 Å². The summed E-state index contributed by atoms with van der Waals surface area (Å²) in [6.07, 6.45) is -0.390. The summed E-state index contributed by atoms with van der Waals surface area (Å²) in [4.78, 5) is 2.20. The maximum absolute atomic E-state index is 13.6. The number of rotatable bonds is 7. The first-order valence-corrected chi connectivity index (χ1v) is 9.12. The van der Waals surface area contributed by atoms with Gasteiger partial charge in [-0.15, -0.1) is 0 Å². The van der Waals surface area contributed by atoms with Crippen LogP contribution in [0.3, 0.4) is 0 Å². The van der Waals surface area contributed by atoms with Gasteiger partial charge in [0.2, 0.25) is 0 Å². The fraction of sp³-hybridized carbons (Fsp3) is 0.429. The van der Waals surface area contributed by atoms with Crippen LogP contribution in [0.5, 0.6) is 17.2 Å². The smallest absolute Gasteiger partial charge is 0.161 e. The van der Waals surface area contributed by atoms with Gasteiger partial charge in [-0.1, -0.05) is 12.1 Å². The first-order chi connectivity index (χ1) is 13.6. The number of aliphatic hydroxyl groups excluding tert-OH is 1. The molecular weight excluding hydrogens is 365 g/mol. The molecule has 0 unspecified atom stereocenters. The lowest BCUT2D eigenvalue weighted by Crippen LogP contribution is -2.46. The summed E-state index contributed by atoms with van der Waals surface area (Å²) in [5.41, 5.74) is 1.81. The van der Waals surface area contributed by atoms with Crippen molar-refractivity contribution in [1.29, 1.82) is 0 Å². The van der Waals surface area contributed by atoms with Crippen LogP contribution in [0.1, 0.15) is 17.2 Å². The van der Waals surface area contributed by atoms with Gasteiger partial charge >= 0.3 is 0 Å². The van der Waals surface area contributed by atoms with Gasteiger partial charge in [0.25, 0.3) is 0 Å². The first kappa shape index (κ1) is 20.4. The van der Waals surface area contributed by atoms with E-state index in [2.05, 4.69) is 4.90 Å². The summed E-state index contributed by atoms with van der Waals surface area (Å²) in [5.74, 6) is 1.40. The van der Waals surface area contributed by atoms with E-state index >= 15 is 0 Å². The van der Waals surface area contributed by atoms with Crippen LogP contribution in [-0.4, -0.2) is 57.2 Å². The third-order valence-electron chi connectivity index (χ3n) is 5.01. The second-order valence-corrected chi connectivity index (χ2v) is 6.58. The highest BCUT2D eigenvalue weighted by atomic mass is 19.1. The van der Waals surface area contributed by atoms with Crippen molar-refractivity contribution in [3.8, 4) is 17.2 Å². The van der Waals surface area contributed by atoms with Gasteiger partial charge in [-0.25, -0.2) is 4.39 Å². The first-order valence-electron chi connectivity index (χ1n) is 9.12. The fourth-order valence-corrected chi connectivity index (χ4v) is 3.65. The van der Waals surface area contributed by atoms with Crippen LogP contribution >= 0.6 is 0 Å². The number of halogens is 1. The molecule has 0 aromatic heterocycles. The Morgan fingerprint density at radius 1 is 1.04 bits per heavy atom. The normalized spacial score (nSPS) is 20.0. The number of aliphatic hydroxyl groups is 1. The van der Waals surface area contributed by atoms with Crippen LogP contribution in [0.25, 0.3) is 0 Å². The van der Waals surface area contributed by atoms with Gasteiger partial charge in [0.1, 0.15) is 17.7 Å². The van der Waals surface area contributed by atoms with E-state index in [1.54, 1.807) is 20.3 Å². The van der Waals surface area contributed by atoms with Gasteiger partial charge in [-0.05, 0) is 23.8 Å². The Labute approximate surface area is 164 Å². The number of morpholine rings is 1. The molecular formula is C21H26FNO5. The van der Waals surface area contributed by atoms with E-state index < -0.39 is 6.10 Å². The minimum atomic E-state index is -0.390. The van der Waals surface area contributed by atoms with Crippen LogP contribution in [0.4, 0.5) is 4.39 Å². The Bertz CT molecular complexity index is 800. The quantitative estimate of drug-likeness (QED) is 0.783. The minimum Gasteiger partial charge on any atom is -0.496 e. The summed E-state index contributed by atoms with van der Waals surface area (Å²) in [5, 5.41) is 9.89. The number of hydrogen-bond donors (Lipinski definition) is 1. The van der Waals surface area contributed by atoms with Gasteiger partial charge in [-0.2, -0.15) is 0 Å². The lowest BCUT2D eigenvalue weighted by Gasteiger charge is -2.41. The van der Waals surface area contributed by atoms with Gasteiger partial charge in [0.15, 0.2) is 11.5 Å². The average molecular weight is 391 g/mol. The van der Waals surface area contributed by atoms with E-state index in [1.165, 1.54) is 19.2 Å². The predicted molar refractivity (Wildman–Crippen MR) is 102 cm³/mol. The SMILES string of the molecule is COc1cc(F)ccc1CN1CCO[C@H](CO)[C@H]1c1ccc(OC)c(OC)c1. The van der Waals surface area contributed by atoms with Crippen molar-refractivity contribution < 1.29 is 28.4 Å². The van der Waals surface area contributed by atoms with Crippen molar-refractivity contribution in [3.05, 3.63) is 53.3 Å². The molecule has 0 bridgehead atoms. The number of hydrogen-bond acceptors (Lipinski definition) is 6. The molecule has 2 atom stereocenters.